The van der Waals surface area contributed by atoms with Gasteiger partial charge in [-0.05, 0) is 38.0 Å². The molecule has 0 aromatic carbocycles. The van der Waals surface area contributed by atoms with Crippen LogP contribution in [0.15, 0.2) is 0 Å². The molecule has 0 unspecified atom stereocenters. The predicted molar refractivity (Wildman–Crippen MR) is 67.3 cm³/mol. The van der Waals surface area contributed by atoms with Gasteiger partial charge in [-0.15, -0.1) is 0 Å². The maximum Gasteiger partial charge on any atom is 0.233 e. The van der Waals surface area contributed by atoms with E-state index in [4.69, 9.17) is 0 Å². The van der Waals surface area contributed by atoms with E-state index in [2.05, 4.69) is 24.5 Å². The number of hydrogen-bond donors (Lipinski definition) is 2. The molecule has 1 saturated carbocycles. The van der Waals surface area contributed by atoms with E-state index in [1.54, 1.807) is 0 Å². The van der Waals surface area contributed by atoms with Crippen LogP contribution in [0.3, 0.4) is 0 Å². The van der Waals surface area contributed by atoms with Crippen LogP contribution >= 0.6 is 0 Å². The summed E-state index contributed by atoms with van der Waals surface area (Å²) in [5, 5.41) is 6.25. The highest BCUT2D eigenvalue weighted by molar-refractivity contribution is 5.77. The van der Waals surface area contributed by atoms with E-state index < -0.39 is 0 Å². The fourth-order valence-electron chi connectivity index (χ4n) is 2.34. The van der Waals surface area contributed by atoms with Crippen LogP contribution in [0, 0.1) is 5.92 Å². The zero-order valence-corrected chi connectivity index (χ0v) is 10.7. The fourth-order valence-corrected chi connectivity index (χ4v) is 2.34. The summed E-state index contributed by atoms with van der Waals surface area (Å²) in [5.41, 5.74) is 0. The van der Waals surface area contributed by atoms with Crippen molar-refractivity contribution in [2.75, 3.05) is 13.1 Å². The molecule has 0 aromatic rings. The van der Waals surface area contributed by atoms with Crippen molar-refractivity contribution in [2.24, 2.45) is 5.92 Å². The van der Waals surface area contributed by atoms with Crippen LogP contribution in [0.1, 0.15) is 52.4 Å². The van der Waals surface area contributed by atoms with Gasteiger partial charge in [0.05, 0.1) is 6.54 Å². The minimum Gasteiger partial charge on any atom is -0.355 e. The highest BCUT2D eigenvalue weighted by Gasteiger charge is 2.19. The van der Waals surface area contributed by atoms with E-state index in [1.807, 2.05) is 0 Å². The summed E-state index contributed by atoms with van der Waals surface area (Å²) >= 11 is 0. The normalized spacial score (nSPS) is 25.4. The van der Waals surface area contributed by atoms with Gasteiger partial charge in [0.15, 0.2) is 0 Å². The van der Waals surface area contributed by atoms with Gasteiger partial charge in [-0.25, -0.2) is 0 Å². The zero-order valence-electron chi connectivity index (χ0n) is 10.7. The van der Waals surface area contributed by atoms with Crippen molar-refractivity contribution in [1.29, 1.82) is 0 Å². The Morgan fingerprint density at radius 2 is 1.88 bits per heavy atom. The van der Waals surface area contributed by atoms with Crippen molar-refractivity contribution in [3.8, 4) is 0 Å². The van der Waals surface area contributed by atoms with Gasteiger partial charge in [0.25, 0.3) is 0 Å². The lowest BCUT2D eigenvalue weighted by Crippen LogP contribution is -2.40. The molecule has 1 aliphatic rings. The monoisotopic (exact) mass is 226 g/mol. The Morgan fingerprint density at radius 3 is 2.44 bits per heavy atom. The Balaban J connectivity index is 2.07. The van der Waals surface area contributed by atoms with E-state index in [9.17, 15) is 4.79 Å². The lowest BCUT2D eigenvalue weighted by molar-refractivity contribution is -0.120. The second-order valence-electron chi connectivity index (χ2n) is 4.86. The molecule has 1 aliphatic carbocycles. The number of carbonyl (C=O) groups is 1. The third-order valence-electron chi connectivity index (χ3n) is 3.55. The summed E-state index contributed by atoms with van der Waals surface area (Å²) in [7, 11) is 0. The van der Waals surface area contributed by atoms with Gasteiger partial charge in [-0.3, -0.25) is 4.79 Å². The summed E-state index contributed by atoms with van der Waals surface area (Å²) in [6, 6.07) is 0.565. The minimum atomic E-state index is 0.138. The number of rotatable bonds is 6. The summed E-state index contributed by atoms with van der Waals surface area (Å²) in [6.45, 7) is 5.63. The van der Waals surface area contributed by atoms with Gasteiger partial charge in [-0.1, -0.05) is 20.3 Å². The van der Waals surface area contributed by atoms with Gasteiger partial charge >= 0.3 is 0 Å². The van der Waals surface area contributed by atoms with E-state index in [0.717, 1.165) is 18.9 Å². The maximum absolute atomic E-state index is 11.4. The van der Waals surface area contributed by atoms with Crippen LogP contribution < -0.4 is 10.6 Å². The SMILES string of the molecule is CCCNC(=O)CNC1CCC(CC)CC1. The average Bonchev–Trinajstić information content (AvgIpc) is 2.34. The summed E-state index contributed by atoms with van der Waals surface area (Å²) in [4.78, 5) is 11.4. The maximum atomic E-state index is 11.4. The van der Waals surface area contributed by atoms with Crippen molar-refractivity contribution in [3.05, 3.63) is 0 Å². The molecule has 3 nitrogen and oxygen atoms in total. The third kappa shape index (κ3) is 4.97. The molecule has 0 bridgehead atoms. The van der Waals surface area contributed by atoms with Gasteiger partial charge in [0.2, 0.25) is 5.91 Å². The highest BCUT2D eigenvalue weighted by atomic mass is 16.1. The fraction of sp³-hybridized carbons (Fsp3) is 0.923. The number of carbonyl (C=O) groups excluding carboxylic acids is 1. The van der Waals surface area contributed by atoms with Gasteiger partial charge < -0.3 is 10.6 Å². The molecule has 0 spiro atoms. The van der Waals surface area contributed by atoms with Crippen LogP contribution in [0.25, 0.3) is 0 Å². The summed E-state index contributed by atoms with van der Waals surface area (Å²) in [6.07, 6.45) is 7.44. The molecule has 16 heavy (non-hydrogen) atoms. The molecular formula is C13H26N2O. The Labute approximate surface area is 99.4 Å². The molecule has 2 N–H and O–H groups in total. The average molecular weight is 226 g/mol. The lowest BCUT2D eigenvalue weighted by atomic mass is 9.84. The summed E-state index contributed by atoms with van der Waals surface area (Å²) in [5.74, 6) is 1.06. The van der Waals surface area contributed by atoms with E-state index in [0.29, 0.717) is 12.6 Å². The van der Waals surface area contributed by atoms with Crippen LogP contribution in [0.5, 0.6) is 0 Å². The van der Waals surface area contributed by atoms with E-state index in [1.165, 1.54) is 32.1 Å². The van der Waals surface area contributed by atoms with Gasteiger partial charge in [0, 0.05) is 12.6 Å². The molecule has 1 fully saturated rings. The molecule has 0 aliphatic heterocycles. The second kappa shape index (κ2) is 7.66. The third-order valence-corrected chi connectivity index (χ3v) is 3.55. The lowest BCUT2D eigenvalue weighted by Gasteiger charge is -2.28. The van der Waals surface area contributed by atoms with Crippen molar-refractivity contribution >= 4 is 5.91 Å². The molecule has 0 radical (unpaired) electrons. The first kappa shape index (κ1) is 13.5. The molecule has 3 heteroatoms. The topological polar surface area (TPSA) is 41.1 Å². The van der Waals surface area contributed by atoms with Gasteiger partial charge in [-0.2, -0.15) is 0 Å². The molecule has 0 heterocycles. The Morgan fingerprint density at radius 1 is 1.19 bits per heavy atom. The van der Waals surface area contributed by atoms with Crippen LogP contribution in [0.2, 0.25) is 0 Å². The van der Waals surface area contributed by atoms with Gasteiger partial charge in [0.1, 0.15) is 0 Å². The smallest absolute Gasteiger partial charge is 0.233 e. The second-order valence-corrected chi connectivity index (χ2v) is 4.86. The molecule has 1 rings (SSSR count). The first-order valence-corrected chi connectivity index (χ1v) is 6.76. The van der Waals surface area contributed by atoms with Crippen molar-refractivity contribution in [2.45, 2.75) is 58.4 Å². The molecule has 94 valence electrons. The van der Waals surface area contributed by atoms with E-state index in [-0.39, 0.29) is 5.91 Å². The largest absolute Gasteiger partial charge is 0.355 e. The minimum absolute atomic E-state index is 0.138. The standard InChI is InChI=1S/C13H26N2O/c1-3-9-14-13(16)10-15-12-7-5-11(4-2)6-8-12/h11-12,15H,3-10H2,1-2H3,(H,14,16). The van der Waals surface area contributed by atoms with Crippen LogP contribution in [-0.2, 0) is 4.79 Å². The van der Waals surface area contributed by atoms with E-state index >= 15 is 0 Å². The van der Waals surface area contributed by atoms with Crippen molar-refractivity contribution < 1.29 is 4.79 Å². The quantitative estimate of drug-likeness (QED) is 0.728. The highest BCUT2D eigenvalue weighted by Crippen LogP contribution is 2.26. The Kier molecular flexibility index (Phi) is 6.46. The van der Waals surface area contributed by atoms with Crippen molar-refractivity contribution in [3.63, 3.8) is 0 Å². The van der Waals surface area contributed by atoms with Crippen LogP contribution in [-0.4, -0.2) is 25.0 Å². The molecule has 1 amide bonds. The molecule has 0 atom stereocenters. The number of hydrogen-bond acceptors (Lipinski definition) is 2. The van der Waals surface area contributed by atoms with Crippen LogP contribution in [0.4, 0.5) is 0 Å². The van der Waals surface area contributed by atoms with Crippen molar-refractivity contribution in [1.82, 2.24) is 10.6 Å². The number of nitrogens with one attached hydrogen (secondary N) is 2. The predicted octanol–water partition coefficient (Wildman–Crippen LogP) is 2.07. The Bertz CT molecular complexity index is 198. The number of amides is 1. The molecular weight excluding hydrogens is 200 g/mol. The molecule has 0 saturated heterocycles. The zero-order chi connectivity index (χ0) is 11.8. The first-order chi connectivity index (χ1) is 7.76. The summed E-state index contributed by atoms with van der Waals surface area (Å²) < 4.78 is 0. The first-order valence-electron chi connectivity index (χ1n) is 6.76. The molecule has 0 aromatic heterocycles. The Hall–Kier alpha value is -0.570.